The molecule has 0 aliphatic carbocycles. The Morgan fingerprint density at radius 1 is 1.18 bits per heavy atom. The molecule has 0 fully saturated rings. The van der Waals surface area contributed by atoms with Gasteiger partial charge in [-0.1, -0.05) is 0 Å². The highest BCUT2D eigenvalue weighted by Crippen LogP contribution is 2.36. The number of non-ortho nitro benzene ring substituents is 1. The largest absolute Gasteiger partial charge is 0.453 e. The number of hydrogen-bond acceptors (Lipinski definition) is 7. The standard InChI is InChI=1S/C13H10N2O7/c16-4-3-10-11(13-2-1-9(7-17)22-13)5-8(14(18)19)6-12(10)15(20)21/h1-2,5-7,16H,3-4H2. The number of nitro benzene ring substituents is 2. The zero-order valence-corrected chi connectivity index (χ0v) is 11.1. The Kier molecular flexibility index (Phi) is 4.28. The van der Waals surface area contributed by atoms with Crippen LogP contribution >= 0.6 is 0 Å². The third-order valence-electron chi connectivity index (χ3n) is 2.99. The van der Waals surface area contributed by atoms with Crippen LogP contribution in [-0.4, -0.2) is 27.8 Å². The number of aliphatic hydroxyl groups is 1. The molecule has 0 saturated carbocycles. The Hall–Kier alpha value is -3.07. The molecule has 2 rings (SSSR count). The van der Waals surface area contributed by atoms with Crippen LogP contribution < -0.4 is 0 Å². The second-order valence-electron chi connectivity index (χ2n) is 4.30. The van der Waals surface area contributed by atoms with E-state index in [2.05, 4.69) is 0 Å². The number of hydrogen-bond donors (Lipinski definition) is 1. The SMILES string of the molecule is O=Cc1ccc(-c2cc([N+](=O)[O-])cc([N+](=O)[O-])c2CCO)o1. The van der Waals surface area contributed by atoms with Gasteiger partial charge in [-0.15, -0.1) is 0 Å². The molecular formula is C13H10N2O7. The maximum atomic E-state index is 11.1. The number of aliphatic hydroxyl groups excluding tert-OH is 1. The lowest BCUT2D eigenvalue weighted by atomic mass is 9.99. The summed E-state index contributed by atoms with van der Waals surface area (Å²) in [4.78, 5) is 31.2. The predicted octanol–water partition coefficient (Wildman–Crippen LogP) is 2.11. The van der Waals surface area contributed by atoms with Crippen molar-refractivity contribution in [1.82, 2.24) is 0 Å². The van der Waals surface area contributed by atoms with Gasteiger partial charge >= 0.3 is 0 Å². The molecule has 22 heavy (non-hydrogen) atoms. The van der Waals surface area contributed by atoms with E-state index in [4.69, 9.17) is 9.52 Å². The summed E-state index contributed by atoms with van der Waals surface area (Å²) < 4.78 is 5.18. The van der Waals surface area contributed by atoms with Gasteiger partial charge in [0.25, 0.3) is 11.4 Å². The first-order valence-corrected chi connectivity index (χ1v) is 6.10. The third-order valence-corrected chi connectivity index (χ3v) is 2.99. The molecule has 0 unspecified atom stereocenters. The summed E-state index contributed by atoms with van der Waals surface area (Å²) in [6.07, 6.45) is 0.363. The smallest absolute Gasteiger partial charge is 0.280 e. The monoisotopic (exact) mass is 306 g/mol. The summed E-state index contributed by atoms with van der Waals surface area (Å²) in [5, 5.41) is 31.2. The highest BCUT2D eigenvalue weighted by Gasteiger charge is 2.25. The van der Waals surface area contributed by atoms with Gasteiger partial charge in [0, 0.05) is 30.2 Å². The molecule has 1 aromatic heterocycles. The van der Waals surface area contributed by atoms with Gasteiger partial charge in [-0.2, -0.15) is 0 Å². The fourth-order valence-electron chi connectivity index (χ4n) is 2.07. The number of nitrogens with zero attached hydrogens (tertiary/aromatic N) is 2. The first kappa shape index (κ1) is 15.3. The second-order valence-corrected chi connectivity index (χ2v) is 4.30. The van der Waals surface area contributed by atoms with Gasteiger partial charge in [-0.05, 0) is 12.1 Å². The van der Waals surface area contributed by atoms with E-state index in [0.29, 0.717) is 6.29 Å². The van der Waals surface area contributed by atoms with E-state index in [0.717, 1.165) is 12.1 Å². The quantitative estimate of drug-likeness (QED) is 0.490. The van der Waals surface area contributed by atoms with Gasteiger partial charge < -0.3 is 9.52 Å². The average Bonchev–Trinajstić information content (AvgIpc) is 2.95. The van der Waals surface area contributed by atoms with Crippen molar-refractivity contribution in [2.75, 3.05) is 6.61 Å². The molecule has 0 spiro atoms. The minimum atomic E-state index is -0.761. The maximum Gasteiger partial charge on any atom is 0.280 e. The van der Waals surface area contributed by atoms with E-state index in [1.165, 1.54) is 12.1 Å². The first-order chi connectivity index (χ1) is 10.5. The number of furan rings is 1. The molecule has 0 aliphatic heterocycles. The Morgan fingerprint density at radius 2 is 1.91 bits per heavy atom. The highest BCUT2D eigenvalue weighted by atomic mass is 16.6. The number of aldehydes is 1. The summed E-state index contributed by atoms with van der Waals surface area (Å²) in [5.41, 5.74) is -0.761. The lowest BCUT2D eigenvalue weighted by molar-refractivity contribution is -0.394. The molecule has 0 amide bonds. The van der Waals surface area contributed by atoms with Crippen molar-refractivity contribution in [3.8, 4) is 11.3 Å². The average molecular weight is 306 g/mol. The van der Waals surface area contributed by atoms with E-state index in [1.807, 2.05) is 0 Å². The van der Waals surface area contributed by atoms with Crippen LogP contribution in [0.1, 0.15) is 16.1 Å². The van der Waals surface area contributed by atoms with Crippen LogP contribution in [0.5, 0.6) is 0 Å². The summed E-state index contributed by atoms with van der Waals surface area (Å²) in [6, 6.07) is 4.67. The van der Waals surface area contributed by atoms with Gasteiger partial charge in [0.1, 0.15) is 5.76 Å². The van der Waals surface area contributed by atoms with Crippen LogP contribution in [0.2, 0.25) is 0 Å². The Labute approximate surface area is 123 Å². The molecule has 0 saturated heterocycles. The normalized spacial score (nSPS) is 10.4. The van der Waals surface area contributed by atoms with Crippen LogP contribution in [-0.2, 0) is 6.42 Å². The van der Waals surface area contributed by atoms with Crippen LogP contribution in [0.15, 0.2) is 28.7 Å². The zero-order valence-electron chi connectivity index (χ0n) is 11.1. The fourth-order valence-corrected chi connectivity index (χ4v) is 2.07. The predicted molar refractivity (Wildman–Crippen MR) is 73.6 cm³/mol. The van der Waals surface area contributed by atoms with E-state index in [1.54, 1.807) is 0 Å². The van der Waals surface area contributed by atoms with Gasteiger partial charge in [0.15, 0.2) is 12.0 Å². The topological polar surface area (TPSA) is 137 Å². The van der Waals surface area contributed by atoms with E-state index in [9.17, 15) is 25.0 Å². The highest BCUT2D eigenvalue weighted by molar-refractivity contribution is 5.76. The number of carbonyl (C=O) groups is 1. The maximum absolute atomic E-state index is 11.1. The van der Waals surface area contributed by atoms with Crippen molar-refractivity contribution in [1.29, 1.82) is 0 Å². The number of rotatable bonds is 6. The number of carbonyl (C=O) groups excluding carboxylic acids is 1. The van der Waals surface area contributed by atoms with Crippen LogP contribution in [0, 0.1) is 20.2 Å². The molecule has 9 heteroatoms. The van der Waals surface area contributed by atoms with Crippen molar-refractivity contribution >= 4 is 17.7 Å². The van der Waals surface area contributed by atoms with Crippen LogP contribution in [0.25, 0.3) is 11.3 Å². The molecule has 114 valence electrons. The lowest BCUT2D eigenvalue weighted by Gasteiger charge is -2.07. The van der Waals surface area contributed by atoms with Crippen LogP contribution in [0.3, 0.4) is 0 Å². The van der Waals surface area contributed by atoms with Crippen molar-refractivity contribution in [2.45, 2.75) is 6.42 Å². The van der Waals surface area contributed by atoms with Crippen molar-refractivity contribution in [3.63, 3.8) is 0 Å². The van der Waals surface area contributed by atoms with Crippen LogP contribution in [0.4, 0.5) is 11.4 Å². The van der Waals surface area contributed by atoms with E-state index in [-0.39, 0.29) is 35.7 Å². The molecule has 0 bridgehead atoms. The minimum Gasteiger partial charge on any atom is -0.453 e. The van der Waals surface area contributed by atoms with E-state index < -0.39 is 21.2 Å². The Morgan fingerprint density at radius 3 is 2.41 bits per heavy atom. The van der Waals surface area contributed by atoms with Gasteiger partial charge in [0.05, 0.1) is 15.9 Å². The molecule has 0 atom stereocenters. The minimum absolute atomic E-state index is 0.0147. The fraction of sp³-hybridized carbons (Fsp3) is 0.154. The summed E-state index contributed by atoms with van der Waals surface area (Å²) >= 11 is 0. The molecule has 1 N–H and O–H groups in total. The third kappa shape index (κ3) is 2.83. The molecule has 1 heterocycles. The van der Waals surface area contributed by atoms with Gasteiger partial charge in [-0.25, -0.2) is 0 Å². The van der Waals surface area contributed by atoms with Crippen molar-refractivity contribution in [3.05, 3.63) is 55.8 Å². The molecular weight excluding hydrogens is 296 g/mol. The first-order valence-electron chi connectivity index (χ1n) is 6.10. The molecule has 9 nitrogen and oxygen atoms in total. The Bertz CT molecular complexity index is 751. The van der Waals surface area contributed by atoms with Gasteiger partial charge in [0.2, 0.25) is 0 Å². The zero-order chi connectivity index (χ0) is 16.3. The summed E-state index contributed by atoms with van der Waals surface area (Å²) in [5.74, 6) is 0.0662. The summed E-state index contributed by atoms with van der Waals surface area (Å²) in [6.45, 7) is -0.382. The van der Waals surface area contributed by atoms with Crippen molar-refractivity contribution in [2.24, 2.45) is 0 Å². The molecule has 0 radical (unpaired) electrons. The molecule has 0 aliphatic rings. The second kappa shape index (κ2) is 6.14. The molecule has 1 aromatic carbocycles. The summed E-state index contributed by atoms with van der Waals surface area (Å²) in [7, 11) is 0. The lowest BCUT2D eigenvalue weighted by Crippen LogP contribution is -2.02. The van der Waals surface area contributed by atoms with Gasteiger partial charge in [-0.3, -0.25) is 25.0 Å². The Balaban J connectivity index is 2.74. The molecule has 2 aromatic rings. The van der Waals surface area contributed by atoms with E-state index >= 15 is 0 Å². The number of benzene rings is 1. The van der Waals surface area contributed by atoms with Crippen molar-refractivity contribution < 1.29 is 24.2 Å². The number of nitro groups is 2.